The second-order valence-corrected chi connectivity index (χ2v) is 5.23. The quantitative estimate of drug-likeness (QED) is 0.723. The van der Waals surface area contributed by atoms with E-state index >= 15 is 0 Å². The molecule has 2 nitrogen and oxygen atoms in total. The first-order valence-electron chi connectivity index (χ1n) is 5.84. The third kappa shape index (κ3) is 5.14. The standard InChI is InChI=1S/C11H19BrF3NO/c1-2-16(9-11(13,14)15)8-10(7-12)3-5-17-6-4-10/h2-9H2,1H3. The van der Waals surface area contributed by atoms with E-state index in [1.54, 1.807) is 6.92 Å². The molecule has 0 spiro atoms. The topological polar surface area (TPSA) is 12.5 Å². The molecule has 1 rings (SSSR count). The van der Waals surface area contributed by atoms with Gasteiger partial charge >= 0.3 is 6.18 Å². The minimum atomic E-state index is -4.12. The van der Waals surface area contributed by atoms with Gasteiger partial charge in [-0.1, -0.05) is 22.9 Å². The monoisotopic (exact) mass is 317 g/mol. The van der Waals surface area contributed by atoms with E-state index in [0.717, 1.165) is 18.2 Å². The Morgan fingerprint density at radius 3 is 2.29 bits per heavy atom. The average Bonchev–Trinajstić information content (AvgIpc) is 2.27. The number of ether oxygens (including phenoxy) is 1. The van der Waals surface area contributed by atoms with Gasteiger partial charge in [0.25, 0.3) is 0 Å². The van der Waals surface area contributed by atoms with E-state index in [1.165, 1.54) is 4.90 Å². The summed E-state index contributed by atoms with van der Waals surface area (Å²) in [5.41, 5.74) is -0.0699. The highest BCUT2D eigenvalue weighted by atomic mass is 79.9. The van der Waals surface area contributed by atoms with Crippen LogP contribution in [0.3, 0.4) is 0 Å². The van der Waals surface area contributed by atoms with E-state index in [0.29, 0.717) is 26.3 Å². The van der Waals surface area contributed by atoms with E-state index in [9.17, 15) is 13.2 Å². The Balaban J connectivity index is 2.58. The largest absolute Gasteiger partial charge is 0.401 e. The molecule has 6 heteroatoms. The van der Waals surface area contributed by atoms with Crippen LogP contribution in [0.5, 0.6) is 0 Å². The molecule has 0 unspecified atom stereocenters. The van der Waals surface area contributed by atoms with Gasteiger partial charge in [0.1, 0.15) is 0 Å². The van der Waals surface area contributed by atoms with Gasteiger partial charge in [0, 0.05) is 25.1 Å². The fourth-order valence-corrected chi connectivity index (χ4v) is 2.88. The normalized spacial score (nSPS) is 20.8. The van der Waals surface area contributed by atoms with Crippen molar-refractivity contribution in [3.8, 4) is 0 Å². The summed E-state index contributed by atoms with van der Waals surface area (Å²) in [6.07, 6.45) is -2.46. The lowest BCUT2D eigenvalue weighted by molar-refractivity contribution is -0.149. The predicted octanol–water partition coefficient (Wildman–Crippen LogP) is 3.06. The average molecular weight is 318 g/mol. The Bertz CT molecular complexity index is 229. The lowest BCUT2D eigenvalue weighted by Gasteiger charge is -2.39. The second kappa shape index (κ2) is 6.38. The van der Waals surface area contributed by atoms with E-state index < -0.39 is 12.7 Å². The minimum absolute atomic E-state index is 0.0699. The maximum atomic E-state index is 12.4. The number of hydrogen-bond donors (Lipinski definition) is 0. The molecular weight excluding hydrogens is 299 g/mol. The number of alkyl halides is 4. The number of nitrogens with zero attached hydrogens (tertiary/aromatic N) is 1. The van der Waals surface area contributed by atoms with Crippen LogP contribution in [0.1, 0.15) is 19.8 Å². The second-order valence-electron chi connectivity index (χ2n) is 4.66. The number of rotatable bonds is 5. The van der Waals surface area contributed by atoms with E-state index in [1.807, 2.05) is 0 Å². The summed E-state index contributed by atoms with van der Waals surface area (Å²) in [6.45, 7) is 3.16. The smallest absolute Gasteiger partial charge is 0.381 e. The van der Waals surface area contributed by atoms with Crippen LogP contribution in [-0.2, 0) is 4.74 Å². The Kier molecular flexibility index (Phi) is 5.73. The van der Waals surface area contributed by atoms with Crippen LogP contribution >= 0.6 is 15.9 Å². The summed E-state index contributed by atoms with van der Waals surface area (Å²) in [5, 5.41) is 0.734. The van der Waals surface area contributed by atoms with Crippen molar-refractivity contribution in [2.45, 2.75) is 25.9 Å². The Hall–Kier alpha value is 0.190. The van der Waals surface area contributed by atoms with Crippen molar-refractivity contribution in [2.24, 2.45) is 5.41 Å². The zero-order valence-corrected chi connectivity index (χ0v) is 11.6. The molecule has 0 radical (unpaired) electrons. The molecule has 1 heterocycles. The fourth-order valence-electron chi connectivity index (χ4n) is 2.15. The summed E-state index contributed by atoms with van der Waals surface area (Å²) in [7, 11) is 0. The summed E-state index contributed by atoms with van der Waals surface area (Å²) < 4.78 is 42.5. The van der Waals surface area contributed by atoms with Gasteiger partial charge in [0.2, 0.25) is 0 Å². The molecule has 0 saturated carbocycles. The van der Waals surface area contributed by atoms with Crippen LogP contribution < -0.4 is 0 Å². The van der Waals surface area contributed by atoms with Crippen molar-refractivity contribution in [3.63, 3.8) is 0 Å². The van der Waals surface area contributed by atoms with Crippen molar-refractivity contribution < 1.29 is 17.9 Å². The van der Waals surface area contributed by atoms with Crippen LogP contribution in [0.2, 0.25) is 0 Å². The summed E-state index contributed by atoms with van der Waals surface area (Å²) in [4.78, 5) is 1.48. The molecule has 0 bridgehead atoms. The Labute approximate surface area is 109 Å². The van der Waals surface area contributed by atoms with Crippen molar-refractivity contribution >= 4 is 15.9 Å². The third-order valence-corrected chi connectivity index (χ3v) is 4.44. The maximum absolute atomic E-state index is 12.4. The zero-order valence-electron chi connectivity index (χ0n) is 10.0. The molecule has 0 aromatic carbocycles. The molecule has 1 aliphatic rings. The Morgan fingerprint density at radius 2 is 1.88 bits per heavy atom. The summed E-state index contributed by atoms with van der Waals surface area (Å²) >= 11 is 3.44. The van der Waals surface area contributed by atoms with Crippen LogP contribution in [0, 0.1) is 5.41 Å². The SMILES string of the molecule is CCN(CC(F)(F)F)CC1(CBr)CCOCC1. The van der Waals surface area contributed by atoms with Gasteiger partial charge < -0.3 is 4.74 Å². The van der Waals surface area contributed by atoms with Crippen molar-refractivity contribution in [3.05, 3.63) is 0 Å². The molecule has 1 saturated heterocycles. The molecule has 0 N–H and O–H groups in total. The van der Waals surface area contributed by atoms with Gasteiger partial charge in [0.05, 0.1) is 6.54 Å². The van der Waals surface area contributed by atoms with Crippen molar-refractivity contribution in [1.29, 1.82) is 0 Å². The third-order valence-electron chi connectivity index (χ3n) is 3.25. The van der Waals surface area contributed by atoms with E-state index in [4.69, 9.17) is 4.74 Å². The fraction of sp³-hybridized carbons (Fsp3) is 1.00. The summed E-state index contributed by atoms with van der Waals surface area (Å²) in [6, 6.07) is 0. The van der Waals surface area contributed by atoms with Crippen LogP contribution in [-0.4, -0.2) is 49.3 Å². The van der Waals surface area contributed by atoms with Crippen LogP contribution in [0.4, 0.5) is 13.2 Å². The molecule has 0 aliphatic carbocycles. The van der Waals surface area contributed by atoms with Crippen LogP contribution in [0.15, 0.2) is 0 Å². The lowest BCUT2D eigenvalue weighted by atomic mass is 9.82. The maximum Gasteiger partial charge on any atom is 0.401 e. The minimum Gasteiger partial charge on any atom is -0.381 e. The molecule has 0 atom stereocenters. The first-order chi connectivity index (χ1) is 7.91. The first kappa shape index (κ1) is 15.2. The van der Waals surface area contributed by atoms with Gasteiger partial charge in [-0.05, 0) is 24.8 Å². The van der Waals surface area contributed by atoms with Crippen molar-refractivity contribution in [1.82, 2.24) is 4.90 Å². The van der Waals surface area contributed by atoms with Gasteiger partial charge in [-0.2, -0.15) is 13.2 Å². The predicted molar refractivity (Wildman–Crippen MR) is 64.4 cm³/mol. The van der Waals surface area contributed by atoms with Crippen LogP contribution in [0.25, 0.3) is 0 Å². The highest BCUT2D eigenvalue weighted by molar-refractivity contribution is 9.09. The zero-order chi connectivity index (χ0) is 12.9. The molecule has 0 aromatic heterocycles. The molecule has 17 heavy (non-hydrogen) atoms. The molecular formula is C11H19BrF3NO. The summed E-state index contributed by atoms with van der Waals surface area (Å²) in [5.74, 6) is 0. The van der Waals surface area contributed by atoms with Gasteiger partial charge in [0.15, 0.2) is 0 Å². The van der Waals surface area contributed by atoms with E-state index in [-0.39, 0.29) is 5.41 Å². The first-order valence-corrected chi connectivity index (χ1v) is 6.96. The van der Waals surface area contributed by atoms with Gasteiger partial charge in [-0.25, -0.2) is 0 Å². The molecule has 102 valence electrons. The lowest BCUT2D eigenvalue weighted by Crippen LogP contribution is -2.45. The van der Waals surface area contributed by atoms with E-state index in [2.05, 4.69) is 15.9 Å². The molecule has 0 aromatic rings. The van der Waals surface area contributed by atoms with Crippen molar-refractivity contribution in [2.75, 3.05) is 38.2 Å². The molecule has 1 aliphatic heterocycles. The molecule has 0 amide bonds. The number of hydrogen-bond acceptors (Lipinski definition) is 2. The highest BCUT2D eigenvalue weighted by Crippen LogP contribution is 2.34. The Morgan fingerprint density at radius 1 is 1.29 bits per heavy atom. The molecule has 1 fully saturated rings. The van der Waals surface area contributed by atoms with Gasteiger partial charge in [-0.3, -0.25) is 4.90 Å². The van der Waals surface area contributed by atoms with Gasteiger partial charge in [-0.15, -0.1) is 0 Å². The number of halogens is 4. The highest BCUT2D eigenvalue weighted by Gasteiger charge is 2.37.